The van der Waals surface area contributed by atoms with Crippen molar-refractivity contribution < 1.29 is 9.21 Å². The number of furan rings is 1. The molecule has 0 fully saturated rings. The zero-order chi connectivity index (χ0) is 16.0. The number of anilines is 1. The topological polar surface area (TPSA) is 55.1 Å². The summed E-state index contributed by atoms with van der Waals surface area (Å²) in [6, 6.07) is 12.7. The second-order valence-electron chi connectivity index (χ2n) is 4.88. The summed E-state index contributed by atoms with van der Waals surface area (Å²) in [6.07, 6.45) is 0. The highest BCUT2D eigenvalue weighted by molar-refractivity contribution is 9.10. The van der Waals surface area contributed by atoms with Crippen LogP contribution in [0.25, 0.3) is 21.2 Å². The number of thiazole rings is 1. The zero-order valence-corrected chi connectivity index (χ0v) is 14.6. The van der Waals surface area contributed by atoms with E-state index in [4.69, 9.17) is 16.0 Å². The summed E-state index contributed by atoms with van der Waals surface area (Å²) in [5.74, 6) is -0.113. The summed E-state index contributed by atoms with van der Waals surface area (Å²) in [5.41, 5.74) is 1.46. The molecule has 4 nitrogen and oxygen atoms in total. The molecule has 0 saturated carbocycles. The van der Waals surface area contributed by atoms with Crippen molar-refractivity contribution in [2.75, 3.05) is 5.32 Å². The second kappa shape index (κ2) is 5.63. The van der Waals surface area contributed by atoms with Crippen molar-refractivity contribution in [2.45, 2.75) is 0 Å². The van der Waals surface area contributed by atoms with Gasteiger partial charge in [-0.25, -0.2) is 4.98 Å². The van der Waals surface area contributed by atoms with Gasteiger partial charge < -0.3 is 4.42 Å². The van der Waals surface area contributed by atoms with Gasteiger partial charge in [0.2, 0.25) is 0 Å². The summed E-state index contributed by atoms with van der Waals surface area (Å²) in [7, 11) is 0. The van der Waals surface area contributed by atoms with E-state index in [1.165, 1.54) is 11.3 Å². The maximum Gasteiger partial charge on any atom is 0.293 e. The minimum absolute atomic E-state index is 0.225. The Morgan fingerprint density at radius 2 is 2.09 bits per heavy atom. The average Bonchev–Trinajstić information content (AvgIpc) is 3.09. The molecule has 0 aliphatic rings. The van der Waals surface area contributed by atoms with E-state index in [1.54, 1.807) is 24.3 Å². The molecule has 0 atom stereocenters. The van der Waals surface area contributed by atoms with Crippen LogP contribution in [-0.4, -0.2) is 10.9 Å². The number of rotatable bonds is 2. The number of carbonyl (C=O) groups excluding carboxylic acids is 1. The van der Waals surface area contributed by atoms with Crippen LogP contribution in [-0.2, 0) is 0 Å². The minimum atomic E-state index is -0.338. The molecule has 0 unspecified atom stereocenters. The van der Waals surface area contributed by atoms with Gasteiger partial charge in [-0.05, 0) is 42.5 Å². The number of benzene rings is 2. The van der Waals surface area contributed by atoms with Crippen molar-refractivity contribution in [1.82, 2.24) is 4.98 Å². The van der Waals surface area contributed by atoms with Gasteiger partial charge in [0.1, 0.15) is 5.58 Å². The Morgan fingerprint density at radius 1 is 1.22 bits per heavy atom. The molecule has 0 bridgehead atoms. The Morgan fingerprint density at radius 3 is 2.96 bits per heavy atom. The normalized spacial score (nSPS) is 11.2. The number of nitrogens with one attached hydrogen (secondary N) is 1. The Labute approximate surface area is 148 Å². The van der Waals surface area contributed by atoms with Gasteiger partial charge in [-0.2, -0.15) is 0 Å². The summed E-state index contributed by atoms with van der Waals surface area (Å²) < 4.78 is 7.51. The van der Waals surface area contributed by atoms with E-state index in [0.29, 0.717) is 15.7 Å². The summed E-state index contributed by atoms with van der Waals surface area (Å²) in [5, 5.41) is 4.69. The molecule has 4 rings (SSSR count). The first-order chi connectivity index (χ1) is 11.1. The third-order valence-electron chi connectivity index (χ3n) is 3.27. The van der Waals surface area contributed by atoms with Crippen LogP contribution >= 0.6 is 38.9 Å². The molecule has 114 valence electrons. The predicted molar refractivity (Wildman–Crippen MR) is 96.5 cm³/mol. The van der Waals surface area contributed by atoms with Crippen LogP contribution in [0.1, 0.15) is 10.6 Å². The highest BCUT2D eigenvalue weighted by atomic mass is 79.9. The number of hydrogen-bond acceptors (Lipinski definition) is 4. The van der Waals surface area contributed by atoms with Gasteiger partial charge >= 0.3 is 0 Å². The smallest absolute Gasteiger partial charge is 0.293 e. The van der Waals surface area contributed by atoms with Gasteiger partial charge in [0.25, 0.3) is 5.91 Å². The highest BCUT2D eigenvalue weighted by Crippen LogP contribution is 2.29. The van der Waals surface area contributed by atoms with Crippen molar-refractivity contribution in [3.8, 4) is 0 Å². The SMILES string of the molecule is O=C(Nc1nc2ccc(Br)cc2s1)c1cc2cc(Cl)ccc2o1. The third kappa shape index (κ3) is 2.85. The van der Waals surface area contributed by atoms with Crippen molar-refractivity contribution in [3.63, 3.8) is 0 Å². The lowest BCUT2D eigenvalue weighted by atomic mass is 10.2. The Hall–Kier alpha value is -1.89. The number of fused-ring (bicyclic) bond motifs is 2. The summed E-state index contributed by atoms with van der Waals surface area (Å²) in [4.78, 5) is 16.7. The molecule has 4 aromatic rings. The van der Waals surface area contributed by atoms with Crippen LogP contribution in [0.5, 0.6) is 0 Å². The zero-order valence-electron chi connectivity index (χ0n) is 11.5. The maximum atomic E-state index is 12.3. The first-order valence-corrected chi connectivity index (χ1v) is 8.64. The monoisotopic (exact) mass is 406 g/mol. The molecule has 0 aliphatic carbocycles. The molecule has 23 heavy (non-hydrogen) atoms. The number of aromatic nitrogens is 1. The van der Waals surface area contributed by atoms with Gasteiger partial charge in [0.15, 0.2) is 10.9 Å². The van der Waals surface area contributed by atoms with Crippen LogP contribution in [0.3, 0.4) is 0 Å². The summed E-state index contributed by atoms with van der Waals surface area (Å²) >= 11 is 10.8. The molecule has 2 aromatic heterocycles. The van der Waals surface area contributed by atoms with Gasteiger partial charge in [0.05, 0.1) is 10.2 Å². The van der Waals surface area contributed by atoms with E-state index in [2.05, 4.69) is 26.2 Å². The highest BCUT2D eigenvalue weighted by Gasteiger charge is 2.15. The first-order valence-electron chi connectivity index (χ1n) is 6.65. The van der Waals surface area contributed by atoms with E-state index in [1.807, 2.05) is 18.2 Å². The minimum Gasteiger partial charge on any atom is -0.451 e. The third-order valence-corrected chi connectivity index (χ3v) is 4.94. The van der Waals surface area contributed by atoms with Crippen molar-refractivity contribution in [1.29, 1.82) is 0 Å². The van der Waals surface area contributed by atoms with Crippen LogP contribution in [0.15, 0.2) is 51.4 Å². The number of amides is 1. The lowest BCUT2D eigenvalue weighted by molar-refractivity contribution is 0.0998. The van der Waals surface area contributed by atoms with E-state index in [9.17, 15) is 4.79 Å². The van der Waals surface area contributed by atoms with Crippen molar-refractivity contribution >= 4 is 71.1 Å². The van der Waals surface area contributed by atoms with Crippen molar-refractivity contribution in [2.24, 2.45) is 0 Å². The van der Waals surface area contributed by atoms with Crippen LogP contribution in [0.4, 0.5) is 5.13 Å². The number of nitrogens with zero attached hydrogens (tertiary/aromatic N) is 1. The van der Waals surface area contributed by atoms with Crippen molar-refractivity contribution in [3.05, 3.63) is 57.7 Å². The van der Waals surface area contributed by atoms with Crippen LogP contribution < -0.4 is 5.32 Å². The molecule has 2 aromatic carbocycles. The Bertz CT molecular complexity index is 1060. The lowest BCUT2D eigenvalue weighted by Gasteiger charge is -1.96. The molecule has 0 aliphatic heterocycles. The fourth-order valence-electron chi connectivity index (χ4n) is 2.24. The molecule has 0 spiro atoms. The molecule has 1 N–H and O–H groups in total. The Kier molecular flexibility index (Phi) is 3.60. The molecule has 0 saturated heterocycles. The maximum absolute atomic E-state index is 12.3. The van der Waals surface area contributed by atoms with Gasteiger partial charge in [-0.3, -0.25) is 10.1 Å². The standard InChI is InChI=1S/C16H8BrClN2O2S/c17-9-1-3-11-14(7-9)23-16(19-11)20-15(21)13-6-8-5-10(18)2-4-12(8)22-13/h1-7H,(H,19,20,21). The van der Waals surface area contributed by atoms with Gasteiger partial charge in [0, 0.05) is 14.9 Å². The van der Waals surface area contributed by atoms with Gasteiger partial charge in [-0.15, -0.1) is 0 Å². The fourth-order valence-corrected chi connectivity index (χ4v) is 3.83. The summed E-state index contributed by atoms with van der Waals surface area (Å²) in [6.45, 7) is 0. The van der Waals surface area contributed by atoms with E-state index < -0.39 is 0 Å². The average molecular weight is 408 g/mol. The largest absolute Gasteiger partial charge is 0.451 e. The fraction of sp³-hybridized carbons (Fsp3) is 0. The first kappa shape index (κ1) is 14.7. The van der Waals surface area contributed by atoms with Crippen LogP contribution in [0.2, 0.25) is 5.02 Å². The molecule has 1 amide bonds. The van der Waals surface area contributed by atoms with Gasteiger partial charge in [-0.1, -0.05) is 38.9 Å². The molecule has 7 heteroatoms. The van der Waals surface area contributed by atoms with E-state index in [0.717, 1.165) is 20.1 Å². The second-order valence-corrected chi connectivity index (χ2v) is 7.26. The number of carbonyl (C=O) groups is 1. The van der Waals surface area contributed by atoms with Crippen LogP contribution in [0, 0.1) is 0 Å². The molecular weight excluding hydrogens is 400 g/mol. The number of halogens is 2. The quantitative estimate of drug-likeness (QED) is 0.463. The van der Waals surface area contributed by atoms with E-state index >= 15 is 0 Å². The molecular formula is C16H8BrClN2O2S. The lowest BCUT2D eigenvalue weighted by Crippen LogP contribution is -2.10. The molecule has 0 radical (unpaired) electrons. The van der Waals surface area contributed by atoms with E-state index in [-0.39, 0.29) is 11.7 Å². The number of hydrogen-bond donors (Lipinski definition) is 1. The predicted octanol–water partition coefficient (Wildman–Crippen LogP) is 5.71. The Balaban J connectivity index is 1.64. The molecule has 2 heterocycles.